The Kier molecular flexibility index (Phi) is 5.02. The summed E-state index contributed by atoms with van der Waals surface area (Å²) in [6.45, 7) is 3.79. The minimum Gasteiger partial charge on any atom is -0.497 e. The number of ether oxygens (including phenoxy) is 2. The molecule has 1 saturated heterocycles. The molecule has 1 aliphatic rings. The Morgan fingerprint density at radius 1 is 1.23 bits per heavy atom. The van der Waals surface area contributed by atoms with Crippen LogP contribution in [0.4, 0.5) is 0 Å². The Hall–Kier alpha value is -3.12. The number of aryl methyl sites for hydroxylation is 1. The summed E-state index contributed by atoms with van der Waals surface area (Å²) in [7, 11) is 3.65. The van der Waals surface area contributed by atoms with Gasteiger partial charge in [-0.15, -0.1) is 0 Å². The second-order valence-corrected chi connectivity index (χ2v) is 8.28. The van der Waals surface area contributed by atoms with E-state index in [9.17, 15) is 4.79 Å². The maximum Gasteiger partial charge on any atom is 0.184 e. The van der Waals surface area contributed by atoms with Crippen molar-refractivity contribution in [2.75, 3.05) is 20.3 Å². The lowest BCUT2D eigenvalue weighted by molar-refractivity contribution is 0.0834. The van der Waals surface area contributed by atoms with E-state index in [2.05, 4.69) is 26.3 Å². The maximum absolute atomic E-state index is 13.7. The van der Waals surface area contributed by atoms with Crippen LogP contribution in [0.1, 0.15) is 40.5 Å². The van der Waals surface area contributed by atoms with Crippen molar-refractivity contribution in [2.45, 2.75) is 32.2 Å². The van der Waals surface area contributed by atoms with Crippen LogP contribution >= 0.6 is 0 Å². The number of rotatable bonds is 5. The lowest BCUT2D eigenvalue weighted by Crippen LogP contribution is -2.20. The van der Waals surface area contributed by atoms with Gasteiger partial charge in [0.25, 0.3) is 0 Å². The molecule has 0 bridgehead atoms. The number of benzene rings is 1. The van der Waals surface area contributed by atoms with Crippen LogP contribution in [-0.4, -0.2) is 40.2 Å². The van der Waals surface area contributed by atoms with Crippen molar-refractivity contribution in [1.29, 1.82) is 0 Å². The highest BCUT2D eigenvalue weighted by atomic mass is 16.5. The monoisotopic (exact) mass is 417 g/mol. The van der Waals surface area contributed by atoms with Crippen LogP contribution < -0.4 is 4.74 Å². The Labute approximate surface area is 181 Å². The van der Waals surface area contributed by atoms with E-state index in [1.807, 2.05) is 38.2 Å². The summed E-state index contributed by atoms with van der Waals surface area (Å²) in [5.74, 6) is 1.22. The van der Waals surface area contributed by atoms with Gasteiger partial charge in [-0.3, -0.25) is 4.79 Å². The number of carbonyl (C=O) groups excluding carboxylic acids is 1. The largest absolute Gasteiger partial charge is 0.497 e. The Morgan fingerprint density at radius 3 is 2.81 bits per heavy atom. The smallest absolute Gasteiger partial charge is 0.184 e. The molecular formula is C25H27N3O3. The van der Waals surface area contributed by atoms with Gasteiger partial charge in [0.05, 0.1) is 13.7 Å². The van der Waals surface area contributed by atoms with Crippen LogP contribution in [0.3, 0.4) is 0 Å². The highest BCUT2D eigenvalue weighted by Crippen LogP contribution is 2.33. The highest BCUT2D eigenvalue weighted by Gasteiger charge is 2.25. The lowest BCUT2D eigenvalue weighted by Gasteiger charge is -2.23. The number of hydrogen-bond donors (Lipinski definition) is 0. The van der Waals surface area contributed by atoms with Crippen molar-refractivity contribution in [3.05, 3.63) is 59.5 Å². The molecule has 0 atom stereocenters. The minimum absolute atomic E-state index is 0.0906. The van der Waals surface area contributed by atoms with E-state index < -0.39 is 0 Å². The third kappa shape index (κ3) is 3.31. The number of pyridine rings is 1. The Balaban J connectivity index is 1.61. The molecule has 4 aromatic rings. The van der Waals surface area contributed by atoms with Gasteiger partial charge in [0, 0.05) is 65.6 Å². The van der Waals surface area contributed by atoms with E-state index in [0.29, 0.717) is 5.92 Å². The number of ketones is 1. The second kappa shape index (κ2) is 7.85. The van der Waals surface area contributed by atoms with Crippen LogP contribution in [-0.2, 0) is 18.3 Å². The molecular weight excluding hydrogens is 390 g/mol. The fourth-order valence-corrected chi connectivity index (χ4v) is 4.86. The third-order valence-corrected chi connectivity index (χ3v) is 6.61. The molecule has 1 aromatic carbocycles. The van der Waals surface area contributed by atoms with Gasteiger partial charge in [-0.05, 0) is 56.2 Å². The average molecular weight is 418 g/mol. The zero-order chi connectivity index (χ0) is 21.5. The van der Waals surface area contributed by atoms with Crippen LogP contribution in [0.5, 0.6) is 5.75 Å². The number of methoxy groups -OCH3 is 1. The molecule has 6 nitrogen and oxygen atoms in total. The molecule has 0 N–H and O–H groups in total. The topological polar surface area (TPSA) is 58.3 Å². The number of nitrogens with zero attached hydrogens (tertiary/aromatic N) is 3. The van der Waals surface area contributed by atoms with Gasteiger partial charge in [-0.25, -0.2) is 4.98 Å². The zero-order valence-corrected chi connectivity index (χ0v) is 18.2. The van der Waals surface area contributed by atoms with Gasteiger partial charge in [-0.2, -0.15) is 0 Å². The molecule has 160 valence electrons. The molecule has 0 radical (unpaired) electrons. The molecule has 0 unspecified atom stereocenters. The van der Waals surface area contributed by atoms with E-state index in [0.717, 1.165) is 65.0 Å². The standard InChI is InChI=1S/C25H27N3O3/c1-16-24(20-14-19(30-3)6-7-21(20)27(16)2)23(29)15-28-22(17-8-11-31-12-9-17)13-18-5-4-10-26-25(18)28/h4-7,10,13-14,17H,8-9,11-12,15H2,1-3H3. The van der Waals surface area contributed by atoms with Crippen molar-refractivity contribution in [3.8, 4) is 5.75 Å². The zero-order valence-electron chi connectivity index (χ0n) is 18.2. The lowest BCUT2D eigenvalue weighted by atomic mass is 9.96. The van der Waals surface area contributed by atoms with Crippen LogP contribution in [0, 0.1) is 6.92 Å². The molecule has 5 rings (SSSR count). The fraction of sp³-hybridized carbons (Fsp3) is 0.360. The van der Waals surface area contributed by atoms with Gasteiger partial charge in [0.2, 0.25) is 0 Å². The molecule has 3 aromatic heterocycles. The molecule has 0 spiro atoms. The van der Waals surface area contributed by atoms with E-state index in [-0.39, 0.29) is 12.3 Å². The van der Waals surface area contributed by atoms with Gasteiger partial charge in [0.15, 0.2) is 5.78 Å². The molecule has 31 heavy (non-hydrogen) atoms. The number of fused-ring (bicyclic) bond motifs is 2. The Bertz CT molecular complexity index is 1280. The fourth-order valence-electron chi connectivity index (χ4n) is 4.86. The number of carbonyl (C=O) groups is 1. The van der Waals surface area contributed by atoms with Crippen LogP contribution in [0.25, 0.3) is 21.9 Å². The summed E-state index contributed by atoms with van der Waals surface area (Å²) < 4.78 is 15.2. The van der Waals surface area contributed by atoms with Crippen LogP contribution in [0.2, 0.25) is 0 Å². The van der Waals surface area contributed by atoms with Crippen molar-refractivity contribution in [3.63, 3.8) is 0 Å². The Morgan fingerprint density at radius 2 is 2.03 bits per heavy atom. The van der Waals surface area contributed by atoms with Crippen molar-refractivity contribution in [2.24, 2.45) is 7.05 Å². The average Bonchev–Trinajstić information content (AvgIpc) is 3.29. The van der Waals surface area contributed by atoms with Gasteiger partial charge >= 0.3 is 0 Å². The first-order valence-electron chi connectivity index (χ1n) is 10.8. The molecule has 1 aliphatic heterocycles. The first kappa shape index (κ1) is 19.8. The van der Waals surface area contributed by atoms with E-state index in [1.54, 1.807) is 13.3 Å². The molecule has 0 aliphatic carbocycles. The summed E-state index contributed by atoms with van der Waals surface area (Å²) in [6.07, 6.45) is 3.73. The second-order valence-electron chi connectivity index (χ2n) is 8.28. The predicted octanol–water partition coefficient (Wildman–Crippen LogP) is 4.62. The summed E-state index contributed by atoms with van der Waals surface area (Å²) in [5, 5.41) is 2.01. The van der Waals surface area contributed by atoms with E-state index in [4.69, 9.17) is 9.47 Å². The maximum atomic E-state index is 13.7. The van der Waals surface area contributed by atoms with Crippen LogP contribution in [0.15, 0.2) is 42.6 Å². The van der Waals surface area contributed by atoms with Crippen molar-refractivity contribution >= 4 is 27.7 Å². The normalized spacial score (nSPS) is 15.1. The number of aromatic nitrogens is 3. The molecule has 6 heteroatoms. The van der Waals surface area contributed by atoms with Crippen molar-refractivity contribution < 1.29 is 14.3 Å². The van der Waals surface area contributed by atoms with E-state index in [1.165, 1.54) is 5.69 Å². The van der Waals surface area contributed by atoms with Crippen molar-refractivity contribution in [1.82, 2.24) is 14.1 Å². The quantitative estimate of drug-likeness (QED) is 0.445. The summed E-state index contributed by atoms with van der Waals surface area (Å²) in [6, 6.07) is 12.1. The van der Waals surface area contributed by atoms with Gasteiger partial charge in [0.1, 0.15) is 11.4 Å². The molecule has 0 saturated carbocycles. The third-order valence-electron chi connectivity index (χ3n) is 6.61. The first-order valence-corrected chi connectivity index (χ1v) is 10.8. The summed E-state index contributed by atoms with van der Waals surface area (Å²) in [4.78, 5) is 18.3. The summed E-state index contributed by atoms with van der Waals surface area (Å²) in [5.41, 5.74) is 4.80. The number of Topliss-reactive ketones (excluding diaryl/α,β-unsaturated/α-hetero) is 1. The van der Waals surface area contributed by atoms with Gasteiger partial charge < -0.3 is 18.6 Å². The minimum atomic E-state index is 0.0906. The molecule has 0 amide bonds. The molecule has 4 heterocycles. The van der Waals surface area contributed by atoms with E-state index >= 15 is 0 Å². The predicted molar refractivity (Wildman–Crippen MR) is 121 cm³/mol. The first-order chi connectivity index (χ1) is 15.1. The van der Waals surface area contributed by atoms with Gasteiger partial charge in [-0.1, -0.05) is 0 Å². The number of hydrogen-bond acceptors (Lipinski definition) is 4. The highest BCUT2D eigenvalue weighted by molar-refractivity contribution is 6.10. The molecule has 1 fully saturated rings. The SMILES string of the molecule is COc1ccc2c(c1)c(C(=O)Cn1c(C3CCOCC3)cc3cccnc31)c(C)n2C. The summed E-state index contributed by atoms with van der Waals surface area (Å²) >= 11 is 0.